The summed E-state index contributed by atoms with van der Waals surface area (Å²) >= 11 is 0. The monoisotopic (exact) mass is 277 g/mol. The summed E-state index contributed by atoms with van der Waals surface area (Å²) in [5, 5.41) is 0. The van der Waals surface area contributed by atoms with Crippen molar-refractivity contribution in [2.24, 2.45) is 23.5 Å². The van der Waals surface area contributed by atoms with Gasteiger partial charge >= 0.3 is 0 Å². The smallest absolute Gasteiger partial charge is 0.0323 e. The van der Waals surface area contributed by atoms with Crippen molar-refractivity contribution in [1.29, 1.82) is 0 Å². The van der Waals surface area contributed by atoms with Crippen molar-refractivity contribution < 1.29 is 0 Å². The molecule has 21 heavy (non-hydrogen) atoms. The largest absolute Gasteiger partial charge is 0.324 e. The number of rotatable bonds is 4. The Morgan fingerprint density at radius 3 is 2.10 bits per heavy atom. The van der Waals surface area contributed by atoms with Crippen LogP contribution >= 0.6 is 0 Å². The minimum atomic E-state index is 0.239. The molecular formula is C20H23N. The van der Waals surface area contributed by atoms with Crippen LogP contribution in [0, 0.1) is 17.8 Å². The van der Waals surface area contributed by atoms with Gasteiger partial charge in [0, 0.05) is 6.04 Å². The van der Waals surface area contributed by atoms with E-state index in [2.05, 4.69) is 54.6 Å². The summed E-state index contributed by atoms with van der Waals surface area (Å²) in [5.41, 5.74) is 10.5. The molecule has 0 heterocycles. The molecule has 2 fully saturated rings. The Morgan fingerprint density at radius 1 is 0.810 bits per heavy atom. The second-order valence-electron chi connectivity index (χ2n) is 6.92. The van der Waals surface area contributed by atoms with E-state index < -0.39 is 0 Å². The average molecular weight is 277 g/mol. The number of nitrogens with two attached hydrogens (primary N) is 1. The van der Waals surface area contributed by atoms with Gasteiger partial charge in [-0.1, -0.05) is 54.6 Å². The van der Waals surface area contributed by atoms with Gasteiger partial charge in [0.2, 0.25) is 0 Å². The lowest BCUT2D eigenvalue weighted by Gasteiger charge is -2.21. The van der Waals surface area contributed by atoms with Gasteiger partial charge in [-0.3, -0.25) is 0 Å². The van der Waals surface area contributed by atoms with Gasteiger partial charge in [-0.15, -0.1) is 0 Å². The van der Waals surface area contributed by atoms with Crippen molar-refractivity contribution in [2.45, 2.75) is 31.7 Å². The number of hydrogen-bond acceptors (Lipinski definition) is 1. The van der Waals surface area contributed by atoms with Crippen molar-refractivity contribution in [3.05, 3.63) is 71.3 Å². The lowest BCUT2D eigenvalue weighted by atomic mass is 9.89. The van der Waals surface area contributed by atoms with Gasteiger partial charge in [-0.25, -0.2) is 0 Å². The Morgan fingerprint density at radius 2 is 1.43 bits per heavy atom. The second kappa shape index (κ2) is 5.31. The maximum Gasteiger partial charge on any atom is 0.0323 e. The molecule has 2 aliphatic carbocycles. The van der Waals surface area contributed by atoms with Crippen LogP contribution < -0.4 is 5.73 Å². The van der Waals surface area contributed by atoms with Gasteiger partial charge in [0.05, 0.1) is 0 Å². The van der Waals surface area contributed by atoms with Crippen LogP contribution in [-0.2, 0) is 6.42 Å². The van der Waals surface area contributed by atoms with Gasteiger partial charge in [-0.05, 0) is 60.1 Å². The van der Waals surface area contributed by atoms with E-state index in [1.165, 1.54) is 36.0 Å². The molecule has 3 unspecified atom stereocenters. The molecule has 0 aromatic heterocycles. The highest BCUT2D eigenvalue weighted by molar-refractivity contribution is 5.30. The van der Waals surface area contributed by atoms with E-state index in [4.69, 9.17) is 5.73 Å². The molecule has 108 valence electrons. The highest BCUT2D eigenvalue weighted by Crippen LogP contribution is 2.56. The second-order valence-corrected chi connectivity index (χ2v) is 6.92. The minimum Gasteiger partial charge on any atom is -0.324 e. The number of fused-ring (bicyclic) bond motifs is 1. The highest BCUT2D eigenvalue weighted by Gasteiger charge is 2.47. The zero-order chi connectivity index (χ0) is 14.2. The topological polar surface area (TPSA) is 26.0 Å². The standard InChI is InChI=1S/C20H23N/c21-20(19-12-17-11-18(17)13-19)16-8-6-15(7-9-16)10-14-4-2-1-3-5-14/h1-9,17-20H,10-13,21H2. The van der Waals surface area contributed by atoms with Crippen molar-refractivity contribution in [3.63, 3.8) is 0 Å². The van der Waals surface area contributed by atoms with E-state index in [9.17, 15) is 0 Å². The van der Waals surface area contributed by atoms with E-state index in [-0.39, 0.29) is 6.04 Å². The Labute approximate surface area is 127 Å². The summed E-state index contributed by atoms with van der Waals surface area (Å²) in [7, 11) is 0. The van der Waals surface area contributed by atoms with E-state index >= 15 is 0 Å². The van der Waals surface area contributed by atoms with Crippen molar-refractivity contribution in [2.75, 3.05) is 0 Å². The molecule has 2 aromatic carbocycles. The molecule has 1 nitrogen and oxygen atoms in total. The summed E-state index contributed by atoms with van der Waals surface area (Å²) in [6, 6.07) is 19.9. The highest BCUT2D eigenvalue weighted by atomic mass is 14.7. The van der Waals surface area contributed by atoms with Gasteiger partial charge < -0.3 is 5.73 Å². The first-order valence-corrected chi connectivity index (χ1v) is 8.18. The summed E-state index contributed by atoms with van der Waals surface area (Å²) < 4.78 is 0. The SMILES string of the molecule is NC(c1ccc(Cc2ccccc2)cc1)C1CC2CC2C1. The molecule has 1 heteroatoms. The van der Waals surface area contributed by atoms with Crippen LogP contribution in [0.2, 0.25) is 0 Å². The maximum absolute atomic E-state index is 6.49. The molecule has 0 radical (unpaired) electrons. The van der Waals surface area contributed by atoms with Crippen molar-refractivity contribution in [3.8, 4) is 0 Å². The molecule has 3 atom stereocenters. The predicted molar refractivity (Wildman–Crippen MR) is 86.9 cm³/mol. The van der Waals surface area contributed by atoms with Gasteiger partial charge in [-0.2, -0.15) is 0 Å². The summed E-state index contributed by atoms with van der Waals surface area (Å²) in [4.78, 5) is 0. The Kier molecular flexibility index (Phi) is 3.31. The van der Waals surface area contributed by atoms with Crippen molar-refractivity contribution in [1.82, 2.24) is 0 Å². The van der Waals surface area contributed by atoms with Crippen LogP contribution in [-0.4, -0.2) is 0 Å². The lowest BCUT2D eigenvalue weighted by Crippen LogP contribution is -2.20. The predicted octanol–water partition coefficient (Wildman–Crippen LogP) is 4.32. The Balaban J connectivity index is 1.43. The zero-order valence-corrected chi connectivity index (χ0v) is 12.4. The van der Waals surface area contributed by atoms with Crippen LogP contribution in [0.5, 0.6) is 0 Å². The molecule has 2 saturated carbocycles. The van der Waals surface area contributed by atoms with E-state index in [0.29, 0.717) is 5.92 Å². The molecule has 0 spiro atoms. The zero-order valence-electron chi connectivity index (χ0n) is 12.4. The summed E-state index contributed by atoms with van der Waals surface area (Å²) in [5.74, 6) is 2.74. The maximum atomic E-state index is 6.49. The minimum absolute atomic E-state index is 0.239. The van der Waals surface area contributed by atoms with Crippen LogP contribution in [0.25, 0.3) is 0 Å². The van der Waals surface area contributed by atoms with Crippen LogP contribution in [0.1, 0.15) is 42.0 Å². The third-order valence-corrected chi connectivity index (χ3v) is 5.40. The third kappa shape index (κ3) is 2.75. The molecule has 0 aliphatic heterocycles. The van der Waals surface area contributed by atoms with Gasteiger partial charge in [0.25, 0.3) is 0 Å². The molecule has 0 amide bonds. The first-order chi connectivity index (χ1) is 10.3. The molecular weight excluding hydrogens is 254 g/mol. The normalized spacial score (nSPS) is 28.1. The summed E-state index contributed by atoms with van der Waals surface area (Å²) in [6.07, 6.45) is 5.19. The Bertz CT molecular complexity index is 591. The third-order valence-electron chi connectivity index (χ3n) is 5.40. The molecule has 2 aliphatic rings. The molecule has 2 aromatic rings. The van der Waals surface area contributed by atoms with E-state index in [0.717, 1.165) is 18.3 Å². The van der Waals surface area contributed by atoms with E-state index in [1.54, 1.807) is 0 Å². The van der Waals surface area contributed by atoms with Crippen LogP contribution in [0.15, 0.2) is 54.6 Å². The van der Waals surface area contributed by atoms with Gasteiger partial charge in [0.1, 0.15) is 0 Å². The number of hydrogen-bond donors (Lipinski definition) is 1. The molecule has 2 N–H and O–H groups in total. The van der Waals surface area contributed by atoms with Gasteiger partial charge in [0.15, 0.2) is 0 Å². The number of benzene rings is 2. The van der Waals surface area contributed by atoms with Crippen molar-refractivity contribution >= 4 is 0 Å². The van der Waals surface area contributed by atoms with Crippen LogP contribution in [0.4, 0.5) is 0 Å². The first-order valence-electron chi connectivity index (χ1n) is 8.18. The average Bonchev–Trinajstić information content (AvgIpc) is 3.14. The molecule has 0 saturated heterocycles. The van der Waals surface area contributed by atoms with E-state index in [1.807, 2.05) is 0 Å². The molecule has 4 rings (SSSR count). The fraction of sp³-hybridized carbons (Fsp3) is 0.400. The lowest BCUT2D eigenvalue weighted by molar-refractivity contribution is 0.404. The fourth-order valence-corrected chi connectivity index (χ4v) is 4.02. The summed E-state index contributed by atoms with van der Waals surface area (Å²) in [6.45, 7) is 0. The quantitative estimate of drug-likeness (QED) is 0.884. The van der Waals surface area contributed by atoms with Crippen LogP contribution in [0.3, 0.4) is 0 Å². The first kappa shape index (κ1) is 13.1. The fourth-order valence-electron chi connectivity index (χ4n) is 4.02. The Hall–Kier alpha value is -1.60. The molecule has 0 bridgehead atoms.